The van der Waals surface area contributed by atoms with Crippen molar-refractivity contribution in [3.8, 4) is 0 Å². The number of nitrogens with one attached hydrogen (secondary N) is 2. The van der Waals surface area contributed by atoms with Crippen LogP contribution in [-0.4, -0.2) is 115 Å². The Morgan fingerprint density at radius 1 is 0.727 bits per heavy atom. The van der Waals surface area contributed by atoms with Gasteiger partial charge in [0.1, 0.15) is 5.60 Å². The summed E-state index contributed by atoms with van der Waals surface area (Å²) in [5.41, 5.74) is -5.20. The third kappa shape index (κ3) is 7.56. The highest BCUT2D eigenvalue weighted by atomic mass is 16.3. The third-order valence-corrected chi connectivity index (χ3v) is 8.07. The van der Waals surface area contributed by atoms with Crippen LogP contribution in [0.4, 0.5) is 0 Å². The van der Waals surface area contributed by atoms with E-state index in [4.69, 9.17) is 0 Å². The Hall–Kier alpha value is -0.360. The highest BCUT2D eigenvalue weighted by Crippen LogP contribution is 2.40. The van der Waals surface area contributed by atoms with Gasteiger partial charge in [-0.25, -0.2) is 0 Å². The molecule has 0 radical (unpaired) electrons. The van der Waals surface area contributed by atoms with Crippen LogP contribution in [0.15, 0.2) is 0 Å². The summed E-state index contributed by atoms with van der Waals surface area (Å²) in [5.74, 6) is 0. The first-order chi connectivity index (χ1) is 15.2. The minimum Gasteiger partial charge on any atom is -0.390 e. The fourth-order valence-electron chi connectivity index (χ4n) is 4.99. The standard InChI is InChI=1S/C24H51N3O6/c1-7-22(31,18(4)28)14-21(15-23(32,8-2)19(5)29)16-26-11-10-25-12-13-27(21)17-24(33,9-3)20(6)30/h18-20,25-26,28-33H,7-17H2,1-6H3. The maximum absolute atomic E-state index is 11.5. The van der Waals surface area contributed by atoms with Crippen molar-refractivity contribution in [2.24, 2.45) is 0 Å². The van der Waals surface area contributed by atoms with Gasteiger partial charge in [-0.15, -0.1) is 0 Å². The van der Waals surface area contributed by atoms with E-state index in [1.807, 2.05) is 25.7 Å². The number of β-amino-alcohol motifs (C(OH)–C–C–N with tert-alkyl or cyclic N) is 1. The van der Waals surface area contributed by atoms with Gasteiger partial charge in [0.25, 0.3) is 0 Å². The molecule has 1 rings (SSSR count). The summed E-state index contributed by atoms with van der Waals surface area (Å²) in [6, 6.07) is 0. The fourth-order valence-corrected chi connectivity index (χ4v) is 4.99. The van der Waals surface area contributed by atoms with Crippen molar-refractivity contribution in [2.45, 2.75) is 114 Å². The minimum atomic E-state index is -1.44. The molecule has 1 aliphatic heterocycles. The van der Waals surface area contributed by atoms with Gasteiger partial charge in [-0.2, -0.15) is 0 Å². The molecule has 6 atom stereocenters. The third-order valence-electron chi connectivity index (χ3n) is 8.07. The van der Waals surface area contributed by atoms with E-state index in [1.54, 1.807) is 20.8 Å². The number of aliphatic hydroxyl groups excluding tert-OH is 3. The number of aliphatic hydroxyl groups is 6. The van der Waals surface area contributed by atoms with Crippen molar-refractivity contribution in [3.63, 3.8) is 0 Å². The van der Waals surface area contributed by atoms with E-state index in [2.05, 4.69) is 10.6 Å². The van der Waals surface area contributed by atoms with E-state index < -0.39 is 40.7 Å². The van der Waals surface area contributed by atoms with Crippen molar-refractivity contribution in [3.05, 3.63) is 0 Å². The summed E-state index contributed by atoms with van der Waals surface area (Å²) in [6.45, 7) is 13.1. The number of hydrogen-bond donors (Lipinski definition) is 8. The van der Waals surface area contributed by atoms with Gasteiger partial charge in [-0.05, 0) is 52.9 Å². The lowest BCUT2D eigenvalue weighted by Gasteiger charge is -2.54. The van der Waals surface area contributed by atoms with Gasteiger partial charge in [0, 0.05) is 44.8 Å². The first-order valence-electron chi connectivity index (χ1n) is 12.6. The van der Waals surface area contributed by atoms with Gasteiger partial charge >= 0.3 is 0 Å². The molecule has 0 saturated carbocycles. The second-order valence-electron chi connectivity index (χ2n) is 10.3. The number of rotatable bonds is 12. The van der Waals surface area contributed by atoms with Crippen molar-refractivity contribution >= 4 is 0 Å². The van der Waals surface area contributed by atoms with Gasteiger partial charge in [0.15, 0.2) is 0 Å². The smallest absolute Gasteiger partial charge is 0.103 e. The van der Waals surface area contributed by atoms with Crippen LogP contribution >= 0.6 is 0 Å². The molecule has 8 N–H and O–H groups in total. The van der Waals surface area contributed by atoms with Crippen LogP contribution in [-0.2, 0) is 0 Å². The molecule has 1 heterocycles. The van der Waals surface area contributed by atoms with Crippen molar-refractivity contribution in [1.82, 2.24) is 15.5 Å². The Kier molecular flexibility index (Phi) is 11.7. The van der Waals surface area contributed by atoms with Crippen LogP contribution in [0, 0.1) is 0 Å². The van der Waals surface area contributed by atoms with Crippen LogP contribution in [0.3, 0.4) is 0 Å². The zero-order valence-corrected chi connectivity index (χ0v) is 21.6. The quantitative estimate of drug-likeness (QED) is 0.187. The minimum absolute atomic E-state index is 0.115. The Bertz CT molecular complexity index is 554. The van der Waals surface area contributed by atoms with E-state index in [9.17, 15) is 30.6 Å². The van der Waals surface area contributed by atoms with E-state index in [0.717, 1.165) is 6.54 Å². The highest BCUT2D eigenvalue weighted by molar-refractivity contribution is 5.07. The monoisotopic (exact) mass is 477 g/mol. The summed E-state index contributed by atoms with van der Waals surface area (Å²) in [6.07, 6.45) is -1.87. The molecule has 33 heavy (non-hydrogen) atoms. The molecule has 1 saturated heterocycles. The predicted octanol–water partition coefficient (Wildman–Crippen LogP) is -0.434. The normalized spacial score (nSPS) is 29.5. The Morgan fingerprint density at radius 2 is 1.15 bits per heavy atom. The van der Waals surface area contributed by atoms with Gasteiger partial charge in [-0.3, -0.25) is 4.90 Å². The molecule has 9 nitrogen and oxygen atoms in total. The number of nitrogens with zero attached hydrogens (tertiary/aromatic N) is 1. The lowest BCUT2D eigenvalue weighted by atomic mass is 9.70. The summed E-state index contributed by atoms with van der Waals surface area (Å²) < 4.78 is 0. The zero-order valence-electron chi connectivity index (χ0n) is 21.6. The largest absolute Gasteiger partial charge is 0.390 e. The average molecular weight is 478 g/mol. The van der Waals surface area contributed by atoms with Crippen LogP contribution in [0.25, 0.3) is 0 Å². The molecule has 1 fully saturated rings. The van der Waals surface area contributed by atoms with Gasteiger partial charge in [0.05, 0.1) is 29.5 Å². The van der Waals surface area contributed by atoms with Crippen LogP contribution < -0.4 is 10.6 Å². The van der Waals surface area contributed by atoms with Crippen LogP contribution in [0.1, 0.15) is 73.6 Å². The second kappa shape index (κ2) is 12.6. The Morgan fingerprint density at radius 3 is 1.55 bits per heavy atom. The van der Waals surface area contributed by atoms with E-state index in [0.29, 0.717) is 45.4 Å². The molecule has 0 aromatic rings. The van der Waals surface area contributed by atoms with Gasteiger partial charge in [0.2, 0.25) is 0 Å². The SMILES string of the molecule is CCC(O)(CN1CCNCCNCC1(CC(O)(CC)C(C)O)CC(O)(CC)C(C)O)C(C)O. The molecule has 0 aromatic heterocycles. The second-order valence-corrected chi connectivity index (χ2v) is 10.3. The molecule has 1 aliphatic rings. The molecule has 198 valence electrons. The van der Waals surface area contributed by atoms with Gasteiger partial charge < -0.3 is 41.3 Å². The lowest BCUT2D eigenvalue weighted by Crippen LogP contribution is -2.67. The number of hydrogen-bond acceptors (Lipinski definition) is 9. The first-order valence-corrected chi connectivity index (χ1v) is 12.6. The van der Waals surface area contributed by atoms with Crippen molar-refractivity contribution in [1.29, 1.82) is 0 Å². The summed E-state index contributed by atoms with van der Waals surface area (Å²) in [7, 11) is 0. The summed E-state index contributed by atoms with van der Waals surface area (Å²) in [4.78, 5) is 2.03. The van der Waals surface area contributed by atoms with Crippen LogP contribution in [0.2, 0.25) is 0 Å². The molecule has 9 heteroatoms. The van der Waals surface area contributed by atoms with Gasteiger partial charge in [-0.1, -0.05) is 20.8 Å². The maximum Gasteiger partial charge on any atom is 0.103 e. The zero-order chi connectivity index (χ0) is 25.5. The summed E-state index contributed by atoms with van der Waals surface area (Å²) >= 11 is 0. The molecule has 0 bridgehead atoms. The maximum atomic E-state index is 11.5. The average Bonchev–Trinajstić information content (AvgIpc) is 2.84. The molecule has 0 aromatic carbocycles. The molecule has 0 aliphatic carbocycles. The topological polar surface area (TPSA) is 149 Å². The van der Waals surface area contributed by atoms with Crippen LogP contribution in [0.5, 0.6) is 0 Å². The lowest BCUT2D eigenvalue weighted by molar-refractivity contribution is -0.159. The molecular formula is C24H51N3O6. The molecule has 0 spiro atoms. The molecular weight excluding hydrogens is 426 g/mol. The van der Waals surface area contributed by atoms with Crippen molar-refractivity contribution in [2.75, 3.05) is 39.3 Å². The summed E-state index contributed by atoms with van der Waals surface area (Å²) in [5, 5.41) is 72.4. The van der Waals surface area contributed by atoms with Crippen molar-refractivity contribution < 1.29 is 30.6 Å². The van der Waals surface area contributed by atoms with E-state index >= 15 is 0 Å². The molecule has 6 unspecified atom stereocenters. The Balaban J connectivity index is 3.69. The molecule has 0 amide bonds. The highest BCUT2D eigenvalue weighted by Gasteiger charge is 2.52. The van der Waals surface area contributed by atoms with E-state index in [1.165, 1.54) is 0 Å². The predicted molar refractivity (Wildman–Crippen MR) is 130 cm³/mol. The van der Waals surface area contributed by atoms with E-state index in [-0.39, 0.29) is 19.4 Å². The fraction of sp³-hybridized carbons (Fsp3) is 1.00. The Labute approximate surface area is 200 Å². The first kappa shape index (κ1) is 30.7.